The number of nitrogens with zero attached hydrogens (tertiary/aromatic N) is 2. The van der Waals surface area contributed by atoms with Gasteiger partial charge in [0, 0.05) is 31.0 Å². The van der Waals surface area contributed by atoms with Crippen LogP contribution in [0.1, 0.15) is 22.6 Å². The van der Waals surface area contributed by atoms with Gasteiger partial charge < -0.3 is 24.7 Å². The Morgan fingerprint density at radius 1 is 1.25 bits per heavy atom. The van der Waals surface area contributed by atoms with Gasteiger partial charge in [-0.2, -0.15) is 8.78 Å². The minimum Gasteiger partial charge on any atom is -0.493 e. The first-order chi connectivity index (χ1) is 13.4. The van der Waals surface area contributed by atoms with E-state index in [0.29, 0.717) is 6.54 Å². The van der Waals surface area contributed by atoms with Crippen LogP contribution in [0, 0.1) is 6.92 Å². The van der Waals surface area contributed by atoms with Gasteiger partial charge in [0.1, 0.15) is 5.82 Å². The van der Waals surface area contributed by atoms with E-state index in [1.807, 2.05) is 17.7 Å². The van der Waals surface area contributed by atoms with Gasteiger partial charge in [0.2, 0.25) is 5.91 Å². The first kappa shape index (κ1) is 21.1. The van der Waals surface area contributed by atoms with Crippen LogP contribution in [0.2, 0.25) is 0 Å². The lowest BCUT2D eigenvalue weighted by atomic mass is 10.2. The van der Waals surface area contributed by atoms with Crippen LogP contribution in [0.25, 0.3) is 0 Å². The van der Waals surface area contributed by atoms with Gasteiger partial charge in [-0.3, -0.25) is 9.59 Å². The number of halogens is 2. The average Bonchev–Trinajstić information content (AvgIpc) is 3.08. The molecule has 0 bridgehead atoms. The molecular weight excluding hydrogens is 374 g/mol. The highest BCUT2D eigenvalue weighted by molar-refractivity contribution is 5.97. The Kier molecular flexibility index (Phi) is 7.73. The number of hydrogen-bond donors (Lipinski definition) is 2. The topological polar surface area (TPSA) is 94.5 Å². The van der Waals surface area contributed by atoms with Crippen molar-refractivity contribution in [2.45, 2.75) is 26.5 Å². The fraction of sp³-hybridized carbons (Fsp3) is 0.389. The lowest BCUT2D eigenvalue weighted by Gasteiger charge is -2.12. The maximum absolute atomic E-state index is 12.3. The van der Waals surface area contributed by atoms with Gasteiger partial charge in [-0.15, -0.1) is 0 Å². The van der Waals surface area contributed by atoms with Crippen molar-refractivity contribution >= 4 is 11.8 Å². The number of aryl methyl sites for hydroxylation is 2. The molecule has 1 aromatic carbocycles. The number of carbonyl (C=O) groups excluding carboxylic acids is 2. The number of carbonyl (C=O) groups is 2. The molecule has 8 nitrogen and oxygen atoms in total. The summed E-state index contributed by atoms with van der Waals surface area (Å²) in [5.41, 5.74) is 0.154. The van der Waals surface area contributed by atoms with Crippen molar-refractivity contribution in [3.8, 4) is 11.5 Å². The zero-order valence-corrected chi connectivity index (χ0v) is 15.6. The zero-order chi connectivity index (χ0) is 20.5. The summed E-state index contributed by atoms with van der Waals surface area (Å²) in [6, 6.07) is 3.78. The molecule has 0 saturated carbocycles. The predicted molar refractivity (Wildman–Crippen MR) is 96.5 cm³/mol. The number of methoxy groups -OCH3 is 1. The molecule has 2 amide bonds. The molecule has 2 aromatic rings. The number of hydrogen-bond acceptors (Lipinski definition) is 5. The number of ether oxygens (including phenoxy) is 2. The largest absolute Gasteiger partial charge is 0.493 e. The minimum absolute atomic E-state index is 0.00723. The molecule has 2 rings (SSSR count). The van der Waals surface area contributed by atoms with E-state index in [4.69, 9.17) is 4.74 Å². The van der Waals surface area contributed by atoms with Gasteiger partial charge in [0.15, 0.2) is 11.5 Å². The maximum Gasteiger partial charge on any atom is 0.387 e. The van der Waals surface area contributed by atoms with Crippen LogP contribution >= 0.6 is 0 Å². The van der Waals surface area contributed by atoms with Crippen molar-refractivity contribution in [2.75, 3.05) is 20.2 Å². The van der Waals surface area contributed by atoms with Gasteiger partial charge in [0.05, 0.1) is 13.7 Å². The van der Waals surface area contributed by atoms with Crippen LogP contribution in [0.4, 0.5) is 8.78 Å². The zero-order valence-electron chi connectivity index (χ0n) is 15.6. The normalized spacial score (nSPS) is 10.6. The van der Waals surface area contributed by atoms with Gasteiger partial charge in [-0.1, -0.05) is 0 Å². The molecule has 0 radical (unpaired) electrons. The van der Waals surface area contributed by atoms with E-state index < -0.39 is 12.5 Å². The predicted octanol–water partition coefficient (Wildman–Crippen LogP) is 1.74. The summed E-state index contributed by atoms with van der Waals surface area (Å²) in [5.74, 6) is -0.155. The molecule has 0 saturated heterocycles. The third-order valence-electron chi connectivity index (χ3n) is 3.87. The Morgan fingerprint density at radius 3 is 2.68 bits per heavy atom. The number of aromatic nitrogens is 2. The standard InChI is InChI=1S/C18H22F2N4O4/c1-12-21-7-9-24(12)8-3-6-22-16(25)11-23-17(26)13-4-5-14(28-18(19)20)15(10-13)27-2/h4-5,7,9-10,18H,3,6,8,11H2,1-2H3,(H,22,25)(H,23,26). The van der Waals surface area contributed by atoms with Crippen LogP contribution in [-0.2, 0) is 11.3 Å². The third-order valence-corrected chi connectivity index (χ3v) is 3.87. The quantitative estimate of drug-likeness (QED) is 0.597. The Labute approximate surface area is 160 Å². The number of alkyl halides is 2. The Bertz CT molecular complexity index is 811. The van der Waals surface area contributed by atoms with E-state index in [-0.39, 0.29) is 29.5 Å². The molecule has 0 aliphatic carbocycles. The molecule has 0 aliphatic rings. The molecule has 0 aliphatic heterocycles. The van der Waals surface area contributed by atoms with Crippen LogP contribution in [0.3, 0.4) is 0 Å². The number of imidazole rings is 1. The van der Waals surface area contributed by atoms with Crippen LogP contribution in [-0.4, -0.2) is 48.2 Å². The van der Waals surface area contributed by atoms with E-state index in [0.717, 1.165) is 18.8 Å². The Morgan fingerprint density at radius 2 is 2.04 bits per heavy atom. The van der Waals surface area contributed by atoms with E-state index in [2.05, 4.69) is 20.4 Å². The summed E-state index contributed by atoms with van der Waals surface area (Å²) >= 11 is 0. The highest BCUT2D eigenvalue weighted by atomic mass is 19.3. The van der Waals surface area contributed by atoms with E-state index in [1.165, 1.54) is 25.3 Å². The summed E-state index contributed by atoms with van der Waals surface area (Å²) in [6.45, 7) is -0.129. The lowest BCUT2D eigenvalue weighted by molar-refractivity contribution is -0.120. The summed E-state index contributed by atoms with van der Waals surface area (Å²) in [4.78, 5) is 28.1. The second-order valence-corrected chi connectivity index (χ2v) is 5.80. The summed E-state index contributed by atoms with van der Waals surface area (Å²) in [7, 11) is 1.27. The van der Waals surface area contributed by atoms with Crippen LogP contribution in [0.15, 0.2) is 30.6 Å². The van der Waals surface area contributed by atoms with Crippen molar-refractivity contribution < 1.29 is 27.8 Å². The first-order valence-corrected chi connectivity index (χ1v) is 8.56. The summed E-state index contributed by atoms with van der Waals surface area (Å²) < 4.78 is 35.9. The molecule has 1 heterocycles. The molecule has 0 atom stereocenters. The van der Waals surface area contributed by atoms with Gasteiger partial charge >= 0.3 is 6.61 Å². The highest BCUT2D eigenvalue weighted by Crippen LogP contribution is 2.29. The molecular formula is C18H22F2N4O4. The van der Waals surface area contributed by atoms with Gasteiger partial charge in [-0.25, -0.2) is 4.98 Å². The second-order valence-electron chi connectivity index (χ2n) is 5.80. The second kappa shape index (κ2) is 10.2. The van der Waals surface area contributed by atoms with Crippen molar-refractivity contribution in [3.63, 3.8) is 0 Å². The van der Waals surface area contributed by atoms with Crippen LogP contribution < -0.4 is 20.1 Å². The maximum atomic E-state index is 12.3. The third kappa shape index (κ3) is 6.22. The molecule has 10 heteroatoms. The van der Waals surface area contributed by atoms with E-state index in [9.17, 15) is 18.4 Å². The van der Waals surface area contributed by atoms with Crippen molar-refractivity contribution in [2.24, 2.45) is 0 Å². The van der Waals surface area contributed by atoms with Crippen molar-refractivity contribution in [1.82, 2.24) is 20.2 Å². The van der Waals surface area contributed by atoms with Crippen LogP contribution in [0.5, 0.6) is 11.5 Å². The van der Waals surface area contributed by atoms with Crippen molar-refractivity contribution in [3.05, 3.63) is 42.0 Å². The number of benzene rings is 1. The van der Waals surface area contributed by atoms with E-state index >= 15 is 0 Å². The van der Waals surface area contributed by atoms with Gasteiger partial charge in [-0.05, 0) is 31.5 Å². The number of nitrogens with one attached hydrogen (secondary N) is 2. The minimum atomic E-state index is -3.00. The monoisotopic (exact) mass is 396 g/mol. The molecule has 2 N–H and O–H groups in total. The van der Waals surface area contributed by atoms with E-state index in [1.54, 1.807) is 6.20 Å². The van der Waals surface area contributed by atoms with Crippen molar-refractivity contribution in [1.29, 1.82) is 0 Å². The molecule has 152 valence electrons. The molecule has 28 heavy (non-hydrogen) atoms. The molecule has 1 aromatic heterocycles. The molecule has 0 fully saturated rings. The number of amides is 2. The summed E-state index contributed by atoms with van der Waals surface area (Å²) in [6.07, 6.45) is 4.30. The Hall–Kier alpha value is -3.17. The molecule has 0 spiro atoms. The SMILES string of the molecule is COc1cc(C(=O)NCC(=O)NCCCn2ccnc2C)ccc1OC(F)F. The fourth-order valence-corrected chi connectivity index (χ4v) is 2.44. The first-order valence-electron chi connectivity index (χ1n) is 8.56. The molecule has 0 unspecified atom stereocenters. The Balaban J connectivity index is 1.76. The number of rotatable bonds is 10. The summed E-state index contributed by atoms with van der Waals surface area (Å²) in [5, 5.41) is 5.17. The highest BCUT2D eigenvalue weighted by Gasteiger charge is 2.14. The lowest BCUT2D eigenvalue weighted by Crippen LogP contribution is -2.37. The fourth-order valence-electron chi connectivity index (χ4n) is 2.44. The smallest absolute Gasteiger partial charge is 0.387 e. The van der Waals surface area contributed by atoms with Gasteiger partial charge in [0.25, 0.3) is 5.91 Å². The average molecular weight is 396 g/mol.